The van der Waals surface area contributed by atoms with Crippen LogP contribution in [0.1, 0.15) is 15.9 Å². The van der Waals surface area contributed by atoms with E-state index in [-0.39, 0.29) is 18.2 Å². The van der Waals surface area contributed by atoms with Crippen LogP contribution in [0, 0.1) is 12.7 Å². The molecule has 0 atom stereocenters. The molecule has 98 valence electrons. The molecule has 0 amide bonds. The predicted octanol–water partition coefficient (Wildman–Crippen LogP) is 4.16. The highest BCUT2D eigenvalue weighted by Crippen LogP contribution is 2.19. The molecule has 2 aromatic rings. The Labute approximate surface area is 119 Å². The smallest absolute Gasteiger partial charge is 0.201 e. The maximum Gasteiger partial charge on any atom is 0.201 e. The van der Waals surface area contributed by atoms with Gasteiger partial charge in [-0.05, 0) is 36.8 Å². The number of halogens is 2. The van der Waals surface area contributed by atoms with Crippen LogP contribution in [-0.2, 0) is 0 Å². The minimum atomic E-state index is -0.288. The fourth-order valence-corrected chi connectivity index (χ4v) is 2.13. The Balaban J connectivity index is 2.04. The number of ketones is 1. The van der Waals surface area contributed by atoms with Crippen LogP contribution in [0.25, 0.3) is 0 Å². The van der Waals surface area contributed by atoms with Gasteiger partial charge in [0.2, 0.25) is 5.78 Å². The number of ether oxygens (including phenoxy) is 1. The molecular weight excluding hydrogens is 311 g/mol. The Morgan fingerprint density at radius 3 is 2.68 bits per heavy atom. The van der Waals surface area contributed by atoms with Crippen molar-refractivity contribution in [1.29, 1.82) is 0 Å². The van der Waals surface area contributed by atoms with Crippen molar-refractivity contribution in [3.63, 3.8) is 0 Å². The first kappa shape index (κ1) is 13.7. The van der Waals surface area contributed by atoms with Crippen molar-refractivity contribution in [2.24, 2.45) is 0 Å². The highest BCUT2D eigenvalue weighted by Gasteiger charge is 2.10. The Morgan fingerprint density at radius 2 is 2.00 bits per heavy atom. The maximum atomic E-state index is 13.1. The van der Waals surface area contributed by atoms with Gasteiger partial charge in [-0.3, -0.25) is 4.79 Å². The number of rotatable bonds is 4. The van der Waals surface area contributed by atoms with E-state index in [1.165, 1.54) is 12.1 Å². The van der Waals surface area contributed by atoms with Gasteiger partial charge in [-0.25, -0.2) is 4.39 Å². The second-order valence-corrected chi connectivity index (χ2v) is 4.96. The quantitative estimate of drug-likeness (QED) is 0.790. The molecule has 4 heteroatoms. The highest BCUT2D eigenvalue weighted by molar-refractivity contribution is 9.10. The summed E-state index contributed by atoms with van der Waals surface area (Å²) in [5.74, 6) is 0.0678. The highest BCUT2D eigenvalue weighted by atomic mass is 79.9. The summed E-state index contributed by atoms with van der Waals surface area (Å²) in [6, 6.07) is 11.6. The summed E-state index contributed by atoms with van der Waals surface area (Å²) in [5.41, 5.74) is 1.06. The Bertz CT molecular complexity index is 611. The van der Waals surface area contributed by atoms with Crippen LogP contribution in [0.5, 0.6) is 5.75 Å². The molecule has 2 aromatic carbocycles. The van der Waals surface area contributed by atoms with Crippen LogP contribution in [-0.4, -0.2) is 12.4 Å². The molecule has 0 saturated carbocycles. The van der Waals surface area contributed by atoms with E-state index >= 15 is 0 Å². The van der Waals surface area contributed by atoms with Crippen molar-refractivity contribution < 1.29 is 13.9 Å². The van der Waals surface area contributed by atoms with Crippen LogP contribution in [0.3, 0.4) is 0 Å². The average molecular weight is 323 g/mol. The Hall–Kier alpha value is -1.68. The molecule has 0 radical (unpaired) electrons. The second-order valence-electron chi connectivity index (χ2n) is 4.10. The van der Waals surface area contributed by atoms with Crippen LogP contribution in [0.4, 0.5) is 4.39 Å². The van der Waals surface area contributed by atoms with Crippen LogP contribution >= 0.6 is 15.9 Å². The number of carbonyl (C=O) groups excluding carboxylic acids is 1. The standard InChI is InChI=1S/C15H12BrFO2/c1-10-8-11(6-7-14(10)17)19-9-15(18)12-4-2-3-5-13(12)16/h2-8H,9H2,1H3. The van der Waals surface area contributed by atoms with Crippen molar-refractivity contribution in [2.75, 3.05) is 6.61 Å². The van der Waals surface area contributed by atoms with Crippen molar-refractivity contribution in [3.8, 4) is 5.75 Å². The lowest BCUT2D eigenvalue weighted by Gasteiger charge is -2.07. The molecular formula is C15H12BrFO2. The molecule has 0 aromatic heterocycles. The van der Waals surface area contributed by atoms with Crippen LogP contribution in [0.15, 0.2) is 46.9 Å². The van der Waals surface area contributed by atoms with Gasteiger partial charge in [-0.15, -0.1) is 0 Å². The molecule has 0 aliphatic carbocycles. The molecule has 0 spiro atoms. The number of aryl methyl sites for hydroxylation is 1. The van der Waals surface area contributed by atoms with E-state index in [1.807, 2.05) is 6.07 Å². The predicted molar refractivity (Wildman–Crippen MR) is 75.1 cm³/mol. The number of hydrogen-bond donors (Lipinski definition) is 0. The molecule has 0 aliphatic heterocycles. The van der Waals surface area contributed by atoms with Gasteiger partial charge in [-0.2, -0.15) is 0 Å². The molecule has 0 saturated heterocycles. The first-order valence-corrected chi connectivity index (χ1v) is 6.54. The zero-order valence-electron chi connectivity index (χ0n) is 10.3. The third kappa shape index (κ3) is 3.41. The number of benzene rings is 2. The number of hydrogen-bond acceptors (Lipinski definition) is 2. The van der Waals surface area contributed by atoms with Gasteiger partial charge < -0.3 is 4.74 Å². The van der Waals surface area contributed by atoms with Crippen molar-refractivity contribution in [1.82, 2.24) is 0 Å². The summed E-state index contributed by atoms with van der Waals surface area (Å²) in [6.45, 7) is 1.57. The van der Waals surface area contributed by atoms with Crippen molar-refractivity contribution >= 4 is 21.7 Å². The SMILES string of the molecule is Cc1cc(OCC(=O)c2ccccc2Br)ccc1F. The van der Waals surface area contributed by atoms with Gasteiger partial charge in [0.25, 0.3) is 0 Å². The molecule has 2 rings (SSSR count). The Kier molecular flexibility index (Phi) is 4.32. The van der Waals surface area contributed by atoms with E-state index in [9.17, 15) is 9.18 Å². The summed E-state index contributed by atoms with van der Waals surface area (Å²) in [6.07, 6.45) is 0. The minimum Gasteiger partial charge on any atom is -0.485 e. The molecule has 2 nitrogen and oxygen atoms in total. The van der Waals surface area contributed by atoms with E-state index in [0.717, 1.165) is 4.47 Å². The van der Waals surface area contributed by atoms with Gasteiger partial charge in [-0.1, -0.05) is 34.1 Å². The summed E-state index contributed by atoms with van der Waals surface area (Å²) in [4.78, 5) is 12.0. The van der Waals surface area contributed by atoms with Crippen molar-refractivity contribution in [3.05, 3.63) is 63.9 Å². The summed E-state index contributed by atoms with van der Waals surface area (Å²) >= 11 is 3.32. The average Bonchev–Trinajstić information content (AvgIpc) is 2.40. The maximum absolute atomic E-state index is 13.1. The minimum absolute atomic E-state index is 0.0757. The van der Waals surface area contributed by atoms with E-state index < -0.39 is 0 Å². The van der Waals surface area contributed by atoms with Gasteiger partial charge in [0.1, 0.15) is 11.6 Å². The van der Waals surface area contributed by atoms with Gasteiger partial charge in [0.05, 0.1) is 0 Å². The van der Waals surface area contributed by atoms with E-state index in [4.69, 9.17) is 4.74 Å². The summed E-state index contributed by atoms with van der Waals surface area (Å²) in [5, 5.41) is 0. The largest absolute Gasteiger partial charge is 0.485 e. The van der Waals surface area contributed by atoms with Gasteiger partial charge in [0, 0.05) is 10.0 Å². The van der Waals surface area contributed by atoms with Crippen LogP contribution < -0.4 is 4.74 Å². The van der Waals surface area contributed by atoms with E-state index in [0.29, 0.717) is 16.9 Å². The van der Waals surface area contributed by atoms with Gasteiger partial charge in [0.15, 0.2) is 6.61 Å². The zero-order valence-corrected chi connectivity index (χ0v) is 11.9. The molecule has 0 unspecified atom stereocenters. The molecule has 0 aliphatic rings. The van der Waals surface area contributed by atoms with E-state index in [2.05, 4.69) is 15.9 Å². The first-order valence-electron chi connectivity index (χ1n) is 5.74. The Morgan fingerprint density at radius 1 is 1.26 bits per heavy atom. The van der Waals surface area contributed by atoms with Gasteiger partial charge >= 0.3 is 0 Å². The molecule has 0 heterocycles. The second kappa shape index (κ2) is 5.97. The topological polar surface area (TPSA) is 26.3 Å². The third-order valence-corrected chi connectivity index (χ3v) is 3.37. The molecule has 19 heavy (non-hydrogen) atoms. The monoisotopic (exact) mass is 322 g/mol. The fourth-order valence-electron chi connectivity index (χ4n) is 1.62. The lowest BCUT2D eigenvalue weighted by molar-refractivity contribution is 0.0920. The van der Waals surface area contributed by atoms with Crippen molar-refractivity contribution in [2.45, 2.75) is 6.92 Å². The normalized spacial score (nSPS) is 10.3. The summed E-state index contributed by atoms with van der Waals surface area (Å²) < 4.78 is 19.2. The van der Waals surface area contributed by atoms with Crippen LogP contribution in [0.2, 0.25) is 0 Å². The zero-order chi connectivity index (χ0) is 13.8. The first-order chi connectivity index (χ1) is 9.08. The number of carbonyl (C=O) groups is 1. The lowest BCUT2D eigenvalue weighted by atomic mass is 10.1. The molecule has 0 N–H and O–H groups in total. The van der Waals surface area contributed by atoms with E-state index in [1.54, 1.807) is 31.2 Å². The summed E-state index contributed by atoms with van der Waals surface area (Å²) in [7, 11) is 0. The molecule has 0 bridgehead atoms. The number of Topliss-reactive ketones (excluding diaryl/α,β-unsaturated/α-hetero) is 1. The third-order valence-electron chi connectivity index (χ3n) is 2.67. The fraction of sp³-hybridized carbons (Fsp3) is 0.133. The lowest BCUT2D eigenvalue weighted by Crippen LogP contribution is -2.12. The molecule has 0 fully saturated rings.